The smallest absolute Gasteiger partial charge is 0.240 e. The molecule has 3 heterocycles. The molecule has 6 nitrogen and oxygen atoms in total. The number of hydrogen-bond donors (Lipinski definition) is 1. The largest absolute Gasteiger partial charge is 0.299 e. The molecule has 0 aliphatic carbocycles. The molecule has 1 aliphatic rings. The number of carbonyl (C=O) groups excluding carboxylic acids is 1. The fourth-order valence-electron chi connectivity index (χ4n) is 2.70. The Morgan fingerprint density at radius 3 is 3.05 bits per heavy atom. The van der Waals surface area contributed by atoms with E-state index in [1.807, 2.05) is 12.4 Å². The van der Waals surface area contributed by atoms with Crippen LogP contribution in [0.4, 0.5) is 5.13 Å². The number of hydrogen-bond acceptors (Lipinski definition) is 6. The summed E-state index contributed by atoms with van der Waals surface area (Å²) in [6.07, 6.45) is 5.94. The second-order valence-electron chi connectivity index (χ2n) is 5.15. The van der Waals surface area contributed by atoms with Crippen molar-refractivity contribution in [1.82, 2.24) is 20.1 Å². The molecule has 2 aromatic rings. The van der Waals surface area contributed by atoms with Crippen LogP contribution in [0.25, 0.3) is 0 Å². The molecule has 2 aromatic heterocycles. The van der Waals surface area contributed by atoms with Crippen molar-refractivity contribution < 1.29 is 4.79 Å². The van der Waals surface area contributed by atoms with Crippen LogP contribution in [0.5, 0.6) is 0 Å². The van der Waals surface area contributed by atoms with E-state index in [-0.39, 0.29) is 5.91 Å². The quantitative estimate of drug-likeness (QED) is 0.932. The molecule has 7 heteroatoms. The molecule has 110 valence electrons. The number of amides is 1. The van der Waals surface area contributed by atoms with Crippen LogP contribution in [0.3, 0.4) is 0 Å². The average Bonchev–Trinajstić information content (AvgIpc) is 3.01. The normalized spacial score (nSPS) is 19.3. The van der Waals surface area contributed by atoms with Gasteiger partial charge in [0.1, 0.15) is 5.51 Å². The molecule has 0 unspecified atom stereocenters. The second kappa shape index (κ2) is 6.73. The highest BCUT2D eigenvalue weighted by Gasteiger charge is 2.22. The van der Waals surface area contributed by atoms with Crippen molar-refractivity contribution in [2.45, 2.75) is 18.8 Å². The molecule has 1 aliphatic heterocycles. The van der Waals surface area contributed by atoms with E-state index in [0.717, 1.165) is 19.5 Å². The highest BCUT2D eigenvalue weighted by Crippen LogP contribution is 2.26. The predicted molar refractivity (Wildman–Crippen MR) is 81.2 cm³/mol. The molecule has 1 fully saturated rings. The summed E-state index contributed by atoms with van der Waals surface area (Å²) in [5, 5.41) is 10.9. The van der Waals surface area contributed by atoms with E-state index in [1.54, 1.807) is 5.51 Å². The van der Waals surface area contributed by atoms with Gasteiger partial charge in [-0.2, -0.15) is 0 Å². The Morgan fingerprint density at radius 2 is 2.29 bits per heavy atom. The van der Waals surface area contributed by atoms with E-state index < -0.39 is 0 Å². The summed E-state index contributed by atoms with van der Waals surface area (Å²) in [5.74, 6) is 0.457. The first kappa shape index (κ1) is 14.1. The molecule has 0 radical (unpaired) electrons. The predicted octanol–water partition coefficient (Wildman–Crippen LogP) is 1.75. The number of nitrogens with zero attached hydrogens (tertiary/aromatic N) is 4. The van der Waals surface area contributed by atoms with Crippen LogP contribution in [-0.4, -0.2) is 45.6 Å². The third-order valence-corrected chi connectivity index (χ3v) is 4.26. The van der Waals surface area contributed by atoms with Crippen molar-refractivity contribution in [2.24, 2.45) is 0 Å². The zero-order chi connectivity index (χ0) is 14.5. The number of piperidine rings is 1. The Balaban J connectivity index is 1.55. The molecule has 0 saturated carbocycles. The highest BCUT2D eigenvalue weighted by molar-refractivity contribution is 7.13. The van der Waals surface area contributed by atoms with Gasteiger partial charge in [0.05, 0.1) is 6.54 Å². The van der Waals surface area contributed by atoms with Crippen molar-refractivity contribution in [3.05, 3.63) is 35.6 Å². The van der Waals surface area contributed by atoms with Gasteiger partial charge in [-0.3, -0.25) is 20.0 Å². The summed E-state index contributed by atoms with van der Waals surface area (Å²) in [6.45, 7) is 2.28. The van der Waals surface area contributed by atoms with Crippen molar-refractivity contribution >= 4 is 22.4 Å². The number of anilines is 1. The maximum absolute atomic E-state index is 12.0. The van der Waals surface area contributed by atoms with E-state index in [9.17, 15) is 4.79 Å². The minimum atomic E-state index is -0.0258. The molecular weight excluding hydrogens is 286 g/mol. The lowest BCUT2D eigenvalue weighted by Crippen LogP contribution is -2.39. The van der Waals surface area contributed by atoms with E-state index in [0.29, 0.717) is 17.6 Å². The number of likely N-dealkylation sites (tertiary alicyclic amines) is 1. The van der Waals surface area contributed by atoms with Crippen molar-refractivity contribution in [2.75, 3.05) is 25.0 Å². The van der Waals surface area contributed by atoms with Crippen LogP contribution in [-0.2, 0) is 4.79 Å². The fraction of sp³-hybridized carbons (Fsp3) is 0.429. The summed E-state index contributed by atoms with van der Waals surface area (Å²) in [6, 6.07) is 4.13. The Labute approximate surface area is 127 Å². The van der Waals surface area contributed by atoms with Crippen LogP contribution < -0.4 is 5.32 Å². The Bertz CT molecular complexity index is 574. The maximum Gasteiger partial charge on any atom is 0.240 e. The second-order valence-corrected chi connectivity index (χ2v) is 5.98. The Morgan fingerprint density at radius 1 is 1.43 bits per heavy atom. The minimum Gasteiger partial charge on any atom is -0.299 e. The average molecular weight is 303 g/mol. The zero-order valence-corrected chi connectivity index (χ0v) is 12.4. The van der Waals surface area contributed by atoms with Gasteiger partial charge >= 0.3 is 0 Å². The lowest BCUT2D eigenvalue weighted by Gasteiger charge is -2.32. The summed E-state index contributed by atoms with van der Waals surface area (Å²) < 4.78 is 0. The molecule has 1 saturated heterocycles. The van der Waals surface area contributed by atoms with Gasteiger partial charge in [-0.05, 0) is 43.0 Å². The zero-order valence-electron chi connectivity index (χ0n) is 11.6. The SMILES string of the molecule is O=C(CN1CCC[C@@H](c2ccncc2)C1)Nc1nncs1. The van der Waals surface area contributed by atoms with Gasteiger partial charge < -0.3 is 0 Å². The standard InChI is InChI=1S/C14H17N5OS/c20-13(17-14-18-16-10-21-14)9-19-7-1-2-12(8-19)11-3-5-15-6-4-11/h3-6,10,12H,1-2,7-9H2,(H,17,18,20)/t12-/m1/s1. The molecule has 1 amide bonds. The van der Waals surface area contributed by atoms with E-state index in [4.69, 9.17) is 0 Å². The molecule has 21 heavy (non-hydrogen) atoms. The van der Waals surface area contributed by atoms with Crippen LogP contribution in [0.2, 0.25) is 0 Å². The maximum atomic E-state index is 12.0. The van der Waals surface area contributed by atoms with Gasteiger partial charge in [0, 0.05) is 18.9 Å². The van der Waals surface area contributed by atoms with E-state index in [2.05, 4.69) is 37.5 Å². The molecule has 0 aromatic carbocycles. The molecule has 3 rings (SSSR count). The fourth-order valence-corrected chi connectivity index (χ4v) is 3.16. The Kier molecular flexibility index (Phi) is 4.52. The number of nitrogens with one attached hydrogen (secondary N) is 1. The number of aromatic nitrogens is 3. The van der Waals surface area contributed by atoms with Crippen LogP contribution in [0, 0.1) is 0 Å². The van der Waals surface area contributed by atoms with Gasteiger partial charge in [-0.25, -0.2) is 0 Å². The van der Waals surface area contributed by atoms with E-state index >= 15 is 0 Å². The molecule has 0 spiro atoms. The monoisotopic (exact) mass is 303 g/mol. The highest BCUT2D eigenvalue weighted by atomic mass is 32.1. The van der Waals surface area contributed by atoms with Crippen molar-refractivity contribution in [1.29, 1.82) is 0 Å². The molecular formula is C14H17N5OS. The van der Waals surface area contributed by atoms with E-state index in [1.165, 1.54) is 23.3 Å². The van der Waals surface area contributed by atoms with Crippen molar-refractivity contribution in [3.8, 4) is 0 Å². The van der Waals surface area contributed by atoms with Crippen LogP contribution in [0.1, 0.15) is 24.3 Å². The third-order valence-electron chi connectivity index (χ3n) is 3.66. The molecule has 0 bridgehead atoms. The van der Waals surface area contributed by atoms with Crippen molar-refractivity contribution in [3.63, 3.8) is 0 Å². The Hall–Kier alpha value is -1.86. The number of rotatable bonds is 4. The van der Waals surface area contributed by atoms with Gasteiger partial charge in [-0.1, -0.05) is 11.3 Å². The summed E-state index contributed by atoms with van der Waals surface area (Å²) in [7, 11) is 0. The van der Waals surface area contributed by atoms with Gasteiger partial charge in [0.25, 0.3) is 0 Å². The lowest BCUT2D eigenvalue weighted by atomic mass is 9.91. The molecule has 1 atom stereocenters. The minimum absolute atomic E-state index is 0.0258. The van der Waals surface area contributed by atoms with Crippen LogP contribution in [0.15, 0.2) is 30.0 Å². The topological polar surface area (TPSA) is 71.0 Å². The van der Waals surface area contributed by atoms with Gasteiger partial charge in [0.15, 0.2) is 0 Å². The lowest BCUT2D eigenvalue weighted by molar-refractivity contribution is -0.117. The first-order valence-electron chi connectivity index (χ1n) is 6.99. The number of pyridine rings is 1. The summed E-state index contributed by atoms with van der Waals surface area (Å²) in [5.41, 5.74) is 2.91. The first-order chi connectivity index (χ1) is 10.3. The summed E-state index contributed by atoms with van der Waals surface area (Å²) >= 11 is 1.33. The van der Waals surface area contributed by atoms with Gasteiger partial charge in [0.2, 0.25) is 11.0 Å². The van der Waals surface area contributed by atoms with Crippen LogP contribution >= 0.6 is 11.3 Å². The van der Waals surface area contributed by atoms with Gasteiger partial charge in [-0.15, -0.1) is 10.2 Å². The third kappa shape index (κ3) is 3.83. The summed E-state index contributed by atoms with van der Waals surface area (Å²) in [4.78, 5) is 18.3. The number of carbonyl (C=O) groups is 1. The molecule has 1 N–H and O–H groups in total. The first-order valence-corrected chi connectivity index (χ1v) is 7.87.